The largest absolute Gasteiger partial charge is 0.361 e. The molecule has 2 heterocycles. The number of rotatable bonds is 2. The third-order valence-electron chi connectivity index (χ3n) is 4.99. The molecular weight excluding hydrogens is 270 g/mol. The first-order valence-electron chi connectivity index (χ1n) is 7.50. The van der Waals surface area contributed by atoms with E-state index in [1.54, 1.807) is 20.0 Å². The molecule has 2 amide bonds. The Labute approximate surface area is 123 Å². The van der Waals surface area contributed by atoms with Crippen molar-refractivity contribution >= 4 is 11.8 Å². The van der Waals surface area contributed by atoms with Gasteiger partial charge in [-0.25, -0.2) is 0 Å². The molecule has 1 saturated carbocycles. The van der Waals surface area contributed by atoms with Gasteiger partial charge in [0, 0.05) is 37.5 Å². The van der Waals surface area contributed by atoms with Crippen LogP contribution in [0.5, 0.6) is 0 Å². The van der Waals surface area contributed by atoms with Crippen molar-refractivity contribution in [2.45, 2.75) is 32.6 Å². The van der Waals surface area contributed by atoms with Gasteiger partial charge in [-0.3, -0.25) is 9.59 Å². The summed E-state index contributed by atoms with van der Waals surface area (Å²) in [4.78, 5) is 26.4. The van der Waals surface area contributed by atoms with Crippen LogP contribution in [0.4, 0.5) is 0 Å². The normalized spacial score (nSPS) is 28.3. The van der Waals surface area contributed by atoms with E-state index in [0.29, 0.717) is 24.5 Å². The van der Waals surface area contributed by atoms with Gasteiger partial charge in [-0.1, -0.05) is 11.6 Å². The highest BCUT2D eigenvalue weighted by Gasteiger charge is 2.51. The highest BCUT2D eigenvalue weighted by molar-refractivity contribution is 5.92. The van der Waals surface area contributed by atoms with Gasteiger partial charge >= 0.3 is 0 Å². The maximum absolute atomic E-state index is 12.4. The molecule has 114 valence electrons. The maximum Gasteiger partial charge on any atom is 0.276 e. The molecule has 0 radical (unpaired) electrons. The number of nitrogens with zero attached hydrogens (tertiary/aromatic N) is 2. The Kier molecular flexibility index (Phi) is 3.47. The number of nitrogens with one attached hydrogen (secondary N) is 1. The number of likely N-dealkylation sites (tertiary alicyclic amines) is 1. The number of hydrogen-bond acceptors (Lipinski definition) is 4. The van der Waals surface area contributed by atoms with Gasteiger partial charge in [0.1, 0.15) is 5.76 Å². The summed E-state index contributed by atoms with van der Waals surface area (Å²) in [5.74, 6) is 0.682. The fourth-order valence-electron chi connectivity index (χ4n) is 3.91. The Morgan fingerprint density at radius 1 is 1.48 bits per heavy atom. The highest BCUT2D eigenvalue weighted by atomic mass is 16.5. The van der Waals surface area contributed by atoms with Crippen molar-refractivity contribution in [3.63, 3.8) is 0 Å². The molecule has 2 aliphatic rings. The summed E-state index contributed by atoms with van der Waals surface area (Å²) in [5, 5.41) is 6.57. The van der Waals surface area contributed by atoms with Gasteiger partial charge < -0.3 is 14.7 Å². The first-order valence-corrected chi connectivity index (χ1v) is 7.50. The molecule has 1 aliphatic heterocycles. The van der Waals surface area contributed by atoms with Crippen LogP contribution in [0.15, 0.2) is 10.6 Å². The number of aryl methyl sites for hydroxylation is 1. The number of aromatic nitrogens is 1. The predicted molar refractivity (Wildman–Crippen MR) is 75.6 cm³/mol. The van der Waals surface area contributed by atoms with Crippen molar-refractivity contribution in [1.82, 2.24) is 15.4 Å². The van der Waals surface area contributed by atoms with Crippen LogP contribution in [0.3, 0.4) is 0 Å². The van der Waals surface area contributed by atoms with E-state index in [-0.39, 0.29) is 23.1 Å². The van der Waals surface area contributed by atoms with E-state index in [1.165, 1.54) is 0 Å². The fraction of sp³-hybridized carbons (Fsp3) is 0.667. The monoisotopic (exact) mass is 291 g/mol. The van der Waals surface area contributed by atoms with Crippen LogP contribution in [0, 0.1) is 18.3 Å². The summed E-state index contributed by atoms with van der Waals surface area (Å²) in [6.45, 7) is 3.11. The van der Waals surface area contributed by atoms with Crippen molar-refractivity contribution in [3.05, 3.63) is 17.5 Å². The number of amides is 2. The van der Waals surface area contributed by atoms with Crippen LogP contribution in [-0.2, 0) is 4.79 Å². The van der Waals surface area contributed by atoms with Crippen molar-refractivity contribution in [3.8, 4) is 0 Å². The van der Waals surface area contributed by atoms with E-state index in [1.807, 2.05) is 4.90 Å². The van der Waals surface area contributed by atoms with Crippen molar-refractivity contribution in [1.29, 1.82) is 0 Å². The third-order valence-corrected chi connectivity index (χ3v) is 4.99. The first-order chi connectivity index (χ1) is 10.1. The molecule has 0 aromatic carbocycles. The molecule has 1 N–H and O–H groups in total. The standard InChI is InChI=1S/C15H21N3O3/c1-10-8-12(17-21-10)14(20)18-7-6-15(9-18)5-3-4-11(15)13(19)16-2/h8,11H,3-7,9H2,1-2H3,(H,16,19). The highest BCUT2D eigenvalue weighted by Crippen LogP contribution is 2.49. The molecule has 6 nitrogen and oxygen atoms in total. The Morgan fingerprint density at radius 3 is 2.95 bits per heavy atom. The SMILES string of the molecule is CNC(=O)C1CCCC12CCN(C(=O)c1cc(C)on1)C2. The first kappa shape index (κ1) is 14.1. The van der Waals surface area contributed by atoms with Crippen LogP contribution < -0.4 is 5.32 Å². The second-order valence-electron chi connectivity index (χ2n) is 6.22. The summed E-state index contributed by atoms with van der Waals surface area (Å²) in [5.41, 5.74) is 0.313. The van der Waals surface area contributed by atoms with Crippen LogP contribution in [0.1, 0.15) is 41.9 Å². The van der Waals surface area contributed by atoms with Gasteiger partial charge in [-0.2, -0.15) is 0 Å². The van der Waals surface area contributed by atoms with Gasteiger partial charge in [0.25, 0.3) is 5.91 Å². The van der Waals surface area contributed by atoms with E-state index in [2.05, 4.69) is 10.5 Å². The van der Waals surface area contributed by atoms with Gasteiger partial charge in [-0.15, -0.1) is 0 Å². The molecule has 1 aliphatic carbocycles. The predicted octanol–water partition coefficient (Wildman–Crippen LogP) is 1.36. The molecule has 1 aromatic rings. The number of carbonyl (C=O) groups excluding carboxylic acids is 2. The van der Waals surface area contributed by atoms with E-state index >= 15 is 0 Å². The molecule has 1 aromatic heterocycles. The van der Waals surface area contributed by atoms with Crippen molar-refractivity contribution < 1.29 is 14.1 Å². The Morgan fingerprint density at radius 2 is 2.29 bits per heavy atom. The lowest BCUT2D eigenvalue weighted by Gasteiger charge is -2.30. The average Bonchev–Trinajstić information content (AvgIpc) is 3.19. The van der Waals surface area contributed by atoms with Crippen LogP contribution in [0.25, 0.3) is 0 Å². The molecule has 21 heavy (non-hydrogen) atoms. The lowest BCUT2D eigenvalue weighted by molar-refractivity contribution is -0.127. The van der Waals surface area contributed by atoms with Gasteiger partial charge in [0.15, 0.2) is 5.69 Å². The second kappa shape index (κ2) is 5.16. The molecule has 1 spiro atoms. The minimum absolute atomic E-state index is 0.0272. The average molecular weight is 291 g/mol. The number of carbonyl (C=O) groups is 2. The molecule has 6 heteroatoms. The summed E-state index contributed by atoms with van der Waals surface area (Å²) in [7, 11) is 1.68. The van der Waals surface area contributed by atoms with E-state index in [4.69, 9.17) is 4.52 Å². The van der Waals surface area contributed by atoms with E-state index in [0.717, 1.165) is 25.7 Å². The lowest BCUT2D eigenvalue weighted by atomic mass is 9.76. The van der Waals surface area contributed by atoms with Gasteiger partial charge in [0.2, 0.25) is 5.91 Å². The van der Waals surface area contributed by atoms with Gasteiger partial charge in [-0.05, 0) is 26.2 Å². The Bertz CT molecular complexity index is 568. The van der Waals surface area contributed by atoms with Crippen LogP contribution in [-0.4, -0.2) is 42.0 Å². The Hall–Kier alpha value is -1.85. The second-order valence-corrected chi connectivity index (χ2v) is 6.22. The molecule has 1 saturated heterocycles. The zero-order valence-electron chi connectivity index (χ0n) is 12.5. The van der Waals surface area contributed by atoms with E-state index in [9.17, 15) is 9.59 Å². The summed E-state index contributed by atoms with van der Waals surface area (Å²) >= 11 is 0. The zero-order valence-corrected chi connectivity index (χ0v) is 12.5. The van der Waals surface area contributed by atoms with Gasteiger partial charge in [0.05, 0.1) is 0 Å². The van der Waals surface area contributed by atoms with Crippen molar-refractivity contribution in [2.75, 3.05) is 20.1 Å². The molecule has 2 fully saturated rings. The number of hydrogen-bond donors (Lipinski definition) is 1. The van der Waals surface area contributed by atoms with Crippen LogP contribution in [0.2, 0.25) is 0 Å². The summed E-state index contributed by atoms with van der Waals surface area (Å²) in [6.07, 6.45) is 3.90. The van der Waals surface area contributed by atoms with E-state index < -0.39 is 0 Å². The van der Waals surface area contributed by atoms with Crippen molar-refractivity contribution in [2.24, 2.45) is 11.3 Å². The lowest BCUT2D eigenvalue weighted by Crippen LogP contribution is -2.40. The smallest absolute Gasteiger partial charge is 0.276 e. The van der Waals surface area contributed by atoms with Crippen LogP contribution >= 0.6 is 0 Å². The molecule has 3 rings (SSSR count). The molecule has 0 bridgehead atoms. The minimum atomic E-state index is -0.0914. The zero-order chi connectivity index (χ0) is 15.0. The summed E-state index contributed by atoms with van der Waals surface area (Å²) < 4.78 is 4.98. The third kappa shape index (κ3) is 2.32. The maximum atomic E-state index is 12.4. The molecular formula is C15H21N3O3. The fourth-order valence-corrected chi connectivity index (χ4v) is 3.91. The molecule has 2 atom stereocenters. The molecule has 2 unspecified atom stereocenters. The Balaban J connectivity index is 1.75. The quantitative estimate of drug-likeness (QED) is 0.892. The topological polar surface area (TPSA) is 75.4 Å². The minimum Gasteiger partial charge on any atom is -0.361 e. The summed E-state index contributed by atoms with van der Waals surface area (Å²) in [6, 6.07) is 1.66.